The smallest absolute Gasteiger partial charge is 0.338 e. The number of nitrogens with zero attached hydrogens (tertiary/aromatic N) is 2. The molecular formula is C26H29N3O5S. The van der Waals surface area contributed by atoms with Gasteiger partial charge in [-0.1, -0.05) is 18.2 Å². The van der Waals surface area contributed by atoms with Crippen molar-refractivity contribution in [3.63, 3.8) is 0 Å². The summed E-state index contributed by atoms with van der Waals surface area (Å²) in [6, 6.07) is 22.4. The first kappa shape index (κ1) is 25.9. The number of benzene rings is 3. The second-order valence-corrected chi connectivity index (χ2v) is 10.4. The third kappa shape index (κ3) is 6.46. The van der Waals surface area contributed by atoms with E-state index in [1.54, 1.807) is 4.90 Å². The zero-order chi connectivity index (χ0) is 25.6. The van der Waals surface area contributed by atoms with Crippen LogP contribution in [0.3, 0.4) is 0 Å². The highest BCUT2D eigenvalue weighted by molar-refractivity contribution is 7.89. The fourth-order valence-electron chi connectivity index (χ4n) is 3.38. The van der Waals surface area contributed by atoms with Crippen molar-refractivity contribution in [3.8, 4) is 0 Å². The largest absolute Gasteiger partial charge is 0.452 e. The van der Waals surface area contributed by atoms with Crippen molar-refractivity contribution in [2.75, 3.05) is 30.9 Å². The van der Waals surface area contributed by atoms with Gasteiger partial charge in [0.05, 0.1) is 10.5 Å². The average Bonchev–Trinajstić information content (AvgIpc) is 2.84. The fraction of sp³-hybridized carbons (Fsp3) is 0.231. The second kappa shape index (κ2) is 11.2. The van der Waals surface area contributed by atoms with Crippen molar-refractivity contribution in [1.29, 1.82) is 0 Å². The summed E-state index contributed by atoms with van der Waals surface area (Å²) < 4.78 is 30.6. The van der Waals surface area contributed by atoms with Gasteiger partial charge < -0.3 is 15.0 Å². The first-order chi connectivity index (χ1) is 16.6. The molecule has 0 aliphatic heterocycles. The summed E-state index contributed by atoms with van der Waals surface area (Å²) in [7, 11) is -0.746. The van der Waals surface area contributed by atoms with Gasteiger partial charge in [-0.3, -0.25) is 4.79 Å². The Morgan fingerprint density at radius 1 is 0.857 bits per heavy atom. The van der Waals surface area contributed by atoms with Crippen molar-refractivity contribution in [2.45, 2.75) is 24.8 Å². The molecule has 0 fully saturated rings. The number of sulfonamides is 1. The monoisotopic (exact) mass is 495 g/mol. The van der Waals surface area contributed by atoms with Crippen LogP contribution in [0.15, 0.2) is 83.8 Å². The lowest BCUT2D eigenvalue weighted by Gasteiger charge is -2.27. The molecule has 0 aliphatic rings. The van der Waals surface area contributed by atoms with E-state index in [-0.39, 0.29) is 22.4 Å². The summed E-state index contributed by atoms with van der Waals surface area (Å²) in [6.45, 7) is 3.30. The Hall–Kier alpha value is -3.69. The Labute approximate surface area is 206 Å². The molecule has 0 bridgehead atoms. The molecule has 184 valence electrons. The van der Waals surface area contributed by atoms with Crippen LogP contribution in [0.4, 0.5) is 17.1 Å². The maximum Gasteiger partial charge on any atom is 0.338 e. The predicted octanol–water partition coefficient (Wildman–Crippen LogP) is 4.28. The molecule has 0 aliphatic carbocycles. The maximum atomic E-state index is 12.9. The maximum absolute atomic E-state index is 12.9. The molecule has 0 unspecified atom stereocenters. The molecule has 3 aromatic rings. The number of ether oxygens (including phenoxy) is 1. The van der Waals surface area contributed by atoms with Gasteiger partial charge in [-0.2, -0.15) is 0 Å². The minimum atomic E-state index is -3.60. The molecule has 9 heteroatoms. The van der Waals surface area contributed by atoms with Crippen LogP contribution in [-0.2, 0) is 19.6 Å². The lowest BCUT2D eigenvalue weighted by atomic mass is 10.2. The van der Waals surface area contributed by atoms with Gasteiger partial charge in [-0.15, -0.1) is 0 Å². The molecule has 3 rings (SSSR count). The van der Waals surface area contributed by atoms with Crippen LogP contribution in [0, 0.1) is 0 Å². The van der Waals surface area contributed by atoms with Crippen molar-refractivity contribution in [1.82, 2.24) is 4.31 Å². The first-order valence-corrected chi connectivity index (χ1v) is 12.5. The molecule has 1 amide bonds. The normalized spacial score (nSPS) is 11.4. The highest BCUT2D eigenvalue weighted by Gasteiger charge is 2.22. The number of carbonyl (C=O) groups excluding carboxylic acids is 2. The zero-order valence-corrected chi connectivity index (χ0v) is 21.0. The van der Waals surface area contributed by atoms with Crippen molar-refractivity contribution in [3.05, 3.63) is 84.4 Å². The van der Waals surface area contributed by atoms with Crippen LogP contribution in [0.25, 0.3) is 0 Å². The molecule has 0 atom stereocenters. The van der Waals surface area contributed by atoms with E-state index in [4.69, 9.17) is 4.74 Å². The van der Waals surface area contributed by atoms with Crippen LogP contribution in [0.5, 0.6) is 0 Å². The standard InChI is InChI=1S/C26H29N3O5S/c1-19(2)29(23-14-12-22(13-15-23)27-21-8-6-5-7-9-21)25(30)18-34-26(31)20-10-16-24(17-11-20)35(32,33)28(3)4/h5-17,19,27H,18H2,1-4H3. The Morgan fingerprint density at radius 3 is 1.97 bits per heavy atom. The van der Waals surface area contributed by atoms with Gasteiger partial charge in [0.25, 0.3) is 5.91 Å². The Morgan fingerprint density at radius 2 is 1.43 bits per heavy atom. The van der Waals surface area contributed by atoms with Crippen LogP contribution in [0.2, 0.25) is 0 Å². The average molecular weight is 496 g/mol. The summed E-state index contributed by atoms with van der Waals surface area (Å²) in [5, 5.41) is 3.29. The number of hydrogen-bond donors (Lipinski definition) is 1. The van der Waals surface area contributed by atoms with Gasteiger partial charge >= 0.3 is 5.97 Å². The number of hydrogen-bond acceptors (Lipinski definition) is 6. The molecule has 0 spiro atoms. The number of anilines is 3. The third-order valence-electron chi connectivity index (χ3n) is 5.19. The van der Waals surface area contributed by atoms with E-state index in [1.165, 1.54) is 38.4 Å². The molecule has 35 heavy (non-hydrogen) atoms. The van der Waals surface area contributed by atoms with E-state index >= 15 is 0 Å². The van der Waals surface area contributed by atoms with Crippen LogP contribution in [0.1, 0.15) is 24.2 Å². The number of rotatable bonds is 9. The molecule has 1 N–H and O–H groups in total. The highest BCUT2D eigenvalue weighted by Crippen LogP contribution is 2.23. The van der Waals surface area contributed by atoms with E-state index in [2.05, 4.69) is 5.32 Å². The molecule has 8 nitrogen and oxygen atoms in total. The molecule has 0 heterocycles. The minimum absolute atomic E-state index is 0.0614. The first-order valence-electron chi connectivity index (χ1n) is 11.0. The van der Waals surface area contributed by atoms with Gasteiger partial charge in [-0.25, -0.2) is 17.5 Å². The topological polar surface area (TPSA) is 96.0 Å². The number of carbonyl (C=O) groups is 2. The van der Waals surface area contributed by atoms with Crippen LogP contribution in [-0.4, -0.2) is 51.3 Å². The van der Waals surface area contributed by atoms with Crippen LogP contribution < -0.4 is 10.2 Å². The molecular weight excluding hydrogens is 466 g/mol. The number of amides is 1. The Kier molecular flexibility index (Phi) is 8.26. The minimum Gasteiger partial charge on any atom is -0.452 e. The Bertz CT molecular complexity index is 1260. The number of nitrogens with one attached hydrogen (secondary N) is 1. The van der Waals surface area contributed by atoms with Gasteiger partial charge in [0, 0.05) is 37.2 Å². The van der Waals surface area contributed by atoms with Crippen molar-refractivity contribution in [2.24, 2.45) is 0 Å². The lowest BCUT2D eigenvalue weighted by molar-refractivity contribution is -0.122. The van der Waals surface area contributed by atoms with Crippen LogP contribution >= 0.6 is 0 Å². The van der Waals surface area contributed by atoms with E-state index in [9.17, 15) is 18.0 Å². The third-order valence-corrected chi connectivity index (χ3v) is 7.02. The summed E-state index contributed by atoms with van der Waals surface area (Å²) >= 11 is 0. The summed E-state index contributed by atoms with van der Waals surface area (Å²) in [5.41, 5.74) is 2.67. The summed E-state index contributed by atoms with van der Waals surface area (Å²) in [6.07, 6.45) is 0. The van der Waals surface area contributed by atoms with Gasteiger partial charge in [-0.05, 0) is 74.5 Å². The second-order valence-electron chi connectivity index (χ2n) is 8.28. The van der Waals surface area contributed by atoms with Gasteiger partial charge in [0.15, 0.2) is 6.61 Å². The highest BCUT2D eigenvalue weighted by atomic mass is 32.2. The molecule has 0 aromatic heterocycles. The molecule has 3 aromatic carbocycles. The summed E-state index contributed by atoms with van der Waals surface area (Å²) in [4.78, 5) is 27.0. The van der Waals surface area contributed by atoms with Crippen molar-refractivity contribution >= 4 is 39.0 Å². The number of esters is 1. The zero-order valence-electron chi connectivity index (χ0n) is 20.1. The lowest BCUT2D eigenvalue weighted by Crippen LogP contribution is -2.39. The quantitative estimate of drug-likeness (QED) is 0.445. The Balaban J connectivity index is 1.64. The molecule has 0 saturated carbocycles. The van der Waals surface area contributed by atoms with E-state index in [0.29, 0.717) is 5.69 Å². The van der Waals surface area contributed by atoms with E-state index in [1.807, 2.05) is 68.4 Å². The number of para-hydroxylation sites is 1. The SMILES string of the molecule is CC(C)N(C(=O)COC(=O)c1ccc(S(=O)(=O)N(C)C)cc1)c1ccc(Nc2ccccc2)cc1. The fourth-order valence-corrected chi connectivity index (χ4v) is 4.28. The van der Waals surface area contributed by atoms with Crippen molar-refractivity contribution < 1.29 is 22.7 Å². The predicted molar refractivity (Wildman–Crippen MR) is 136 cm³/mol. The molecule has 0 radical (unpaired) electrons. The van der Waals surface area contributed by atoms with E-state index < -0.39 is 22.6 Å². The summed E-state index contributed by atoms with van der Waals surface area (Å²) in [5.74, 6) is -1.08. The molecule has 0 saturated heterocycles. The van der Waals surface area contributed by atoms with Gasteiger partial charge in [0.1, 0.15) is 0 Å². The van der Waals surface area contributed by atoms with E-state index in [0.717, 1.165) is 15.7 Å². The van der Waals surface area contributed by atoms with Gasteiger partial charge in [0.2, 0.25) is 10.0 Å².